The van der Waals surface area contributed by atoms with Gasteiger partial charge in [-0.25, -0.2) is 0 Å². The summed E-state index contributed by atoms with van der Waals surface area (Å²) in [5.41, 5.74) is 0.231. The highest BCUT2D eigenvalue weighted by atomic mass is 16.3. The van der Waals surface area contributed by atoms with E-state index in [0.29, 0.717) is 0 Å². The van der Waals surface area contributed by atoms with Gasteiger partial charge in [0.1, 0.15) is 5.60 Å². The molecule has 0 aromatic heterocycles. The molecule has 0 bridgehead atoms. The van der Waals surface area contributed by atoms with Gasteiger partial charge in [-0.05, 0) is 44.1 Å². The lowest BCUT2D eigenvalue weighted by Gasteiger charge is -2.40. The summed E-state index contributed by atoms with van der Waals surface area (Å²) in [5, 5.41) is 20.3. The summed E-state index contributed by atoms with van der Waals surface area (Å²) in [5.74, 6) is 0. The third kappa shape index (κ3) is 1.73. The Morgan fingerprint density at radius 2 is 2.07 bits per heavy atom. The van der Waals surface area contributed by atoms with E-state index in [2.05, 4.69) is 6.08 Å². The Morgan fingerprint density at radius 3 is 2.71 bits per heavy atom. The van der Waals surface area contributed by atoms with Crippen LogP contribution in [0.25, 0.3) is 0 Å². The maximum Gasteiger partial charge on any atom is 0.111 e. The first-order valence-corrected chi connectivity index (χ1v) is 5.83. The maximum atomic E-state index is 10.4. The van der Waals surface area contributed by atoms with Crippen LogP contribution >= 0.6 is 0 Å². The SMILES string of the molecule is OC1CCCCC1(O)C1=CCCCC1. The molecule has 2 nitrogen and oxygen atoms in total. The molecule has 0 aliphatic heterocycles. The van der Waals surface area contributed by atoms with Crippen LogP contribution in [-0.2, 0) is 0 Å². The minimum atomic E-state index is -0.876. The van der Waals surface area contributed by atoms with Crippen molar-refractivity contribution < 1.29 is 10.2 Å². The summed E-state index contributed by atoms with van der Waals surface area (Å²) in [6.45, 7) is 0. The van der Waals surface area contributed by atoms with Crippen LogP contribution in [-0.4, -0.2) is 21.9 Å². The minimum absolute atomic E-state index is 0.527. The van der Waals surface area contributed by atoms with Crippen LogP contribution in [0.5, 0.6) is 0 Å². The van der Waals surface area contributed by atoms with E-state index < -0.39 is 11.7 Å². The topological polar surface area (TPSA) is 40.5 Å². The van der Waals surface area contributed by atoms with Gasteiger partial charge in [0.05, 0.1) is 6.10 Å². The third-order valence-corrected chi connectivity index (χ3v) is 3.68. The van der Waals surface area contributed by atoms with Crippen molar-refractivity contribution in [3.63, 3.8) is 0 Å². The van der Waals surface area contributed by atoms with Crippen molar-refractivity contribution in [3.05, 3.63) is 11.6 Å². The van der Waals surface area contributed by atoms with E-state index in [9.17, 15) is 10.2 Å². The van der Waals surface area contributed by atoms with E-state index in [1.165, 1.54) is 12.8 Å². The molecule has 0 radical (unpaired) electrons. The molecule has 0 amide bonds. The molecular formula is C12H20O2. The molecule has 2 aliphatic rings. The molecule has 0 saturated heterocycles. The zero-order chi connectivity index (χ0) is 10.0. The lowest BCUT2D eigenvalue weighted by molar-refractivity contribution is -0.0760. The van der Waals surface area contributed by atoms with Crippen molar-refractivity contribution in [2.45, 2.75) is 63.1 Å². The van der Waals surface area contributed by atoms with E-state index in [0.717, 1.165) is 44.1 Å². The largest absolute Gasteiger partial charge is 0.390 e. The zero-order valence-electron chi connectivity index (χ0n) is 8.71. The average molecular weight is 196 g/mol. The fourth-order valence-corrected chi connectivity index (χ4v) is 2.74. The van der Waals surface area contributed by atoms with E-state index in [-0.39, 0.29) is 0 Å². The van der Waals surface area contributed by atoms with Gasteiger partial charge in [0.2, 0.25) is 0 Å². The van der Waals surface area contributed by atoms with E-state index in [4.69, 9.17) is 0 Å². The Bertz CT molecular complexity index is 234. The van der Waals surface area contributed by atoms with Crippen molar-refractivity contribution in [1.29, 1.82) is 0 Å². The Labute approximate surface area is 85.6 Å². The number of hydrogen-bond acceptors (Lipinski definition) is 2. The van der Waals surface area contributed by atoms with Gasteiger partial charge in [-0.1, -0.05) is 18.9 Å². The third-order valence-electron chi connectivity index (χ3n) is 3.68. The highest BCUT2D eigenvalue weighted by Crippen LogP contribution is 2.38. The molecule has 2 heteroatoms. The van der Waals surface area contributed by atoms with E-state index in [1.807, 2.05) is 0 Å². The Hall–Kier alpha value is -0.340. The summed E-state index contributed by atoms with van der Waals surface area (Å²) in [7, 11) is 0. The second-order valence-electron chi connectivity index (χ2n) is 4.66. The van der Waals surface area contributed by atoms with E-state index >= 15 is 0 Å². The number of aliphatic hydroxyl groups is 2. The van der Waals surface area contributed by atoms with Gasteiger partial charge >= 0.3 is 0 Å². The number of allylic oxidation sites excluding steroid dienone is 1. The number of aliphatic hydroxyl groups excluding tert-OH is 1. The molecule has 2 rings (SSSR count). The van der Waals surface area contributed by atoms with Gasteiger partial charge in [0.15, 0.2) is 0 Å². The van der Waals surface area contributed by atoms with Crippen LogP contribution in [0.15, 0.2) is 11.6 Å². The standard InChI is InChI=1S/C12H20O2/c13-11-8-4-5-9-12(11,14)10-6-2-1-3-7-10/h6,11,13-14H,1-5,7-9H2. The summed E-state index contributed by atoms with van der Waals surface area (Å²) in [4.78, 5) is 0. The van der Waals surface area contributed by atoms with Crippen molar-refractivity contribution in [2.24, 2.45) is 0 Å². The summed E-state index contributed by atoms with van der Waals surface area (Å²) in [6.07, 6.45) is 9.68. The summed E-state index contributed by atoms with van der Waals surface area (Å²) >= 11 is 0. The van der Waals surface area contributed by atoms with Crippen LogP contribution < -0.4 is 0 Å². The predicted octanol–water partition coefficient (Wildman–Crippen LogP) is 2.15. The molecule has 2 N–H and O–H groups in total. The van der Waals surface area contributed by atoms with Crippen LogP contribution in [0, 0.1) is 0 Å². The molecule has 80 valence electrons. The first kappa shape index (κ1) is 10.2. The highest BCUT2D eigenvalue weighted by Gasteiger charge is 2.40. The molecule has 0 aromatic rings. The molecular weight excluding hydrogens is 176 g/mol. The fourth-order valence-electron chi connectivity index (χ4n) is 2.74. The molecule has 14 heavy (non-hydrogen) atoms. The van der Waals surface area contributed by atoms with Crippen LogP contribution in [0.4, 0.5) is 0 Å². The second kappa shape index (κ2) is 4.03. The average Bonchev–Trinajstić information content (AvgIpc) is 2.24. The Balaban J connectivity index is 2.15. The van der Waals surface area contributed by atoms with E-state index in [1.54, 1.807) is 0 Å². The minimum Gasteiger partial charge on any atom is -0.390 e. The van der Waals surface area contributed by atoms with Crippen molar-refractivity contribution in [2.75, 3.05) is 0 Å². The van der Waals surface area contributed by atoms with Crippen LogP contribution in [0.1, 0.15) is 51.4 Å². The van der Waals surface area contributed by atoms with Gasteiger partial charge in [-0.3, -0.25) is 0 Å². The second-order valence-corrected chi connectivity index (χ2v) is 4.66. The van der Waals surface area contributed by atoms with Gasteiger partial charge in [-0.2, -0.15) is 0 Å². The summed E-state index contributed by atoms with van der Waals surface area (Å²) in [6, 6.07) is 0. The first-order chi connectivity index (χ1) is 6.73. The maximum absolute atomic E-state index is 10.4. The monoisotopic (exact) mass is 196 g/mol. The molecule has 1 fully saturated rings. The Kier molecular flexibility index (Phi) is 2.93. The highest BCUT2D eigenvalue weighted by molar-refractivity contribution is 5.21. The molecule has 0 aromatic carbocycles. The quantitative estimate of drug-likeness (QED) is 0.631. The Morgan fingerprint density at radius 1 is 1.21 bits per heavy atom. The fraction of sp³-hybridized carbons (Fsp3) is 0.833. The number of hydrogen-bond donors (Lipinski definition) is 2. The molecule has 2 atom stereocenters. The summed E-state index contributed by atoms with van der Waals surface area (Å²) < 4.78 is 0. The number of rotatable bonds is 1. The zero-order valence-corrected chi connectivity index (χ0v) is 8.71. The predicted molar refractivity (Wildman–Crippen MR) is 56.0 cm³/mol. The van der Waals surface area contributed by atoms with Gasteiger partial charge < -0.3 is 10.2 Å². The van der Waals surface area contributed by atoms with Crippen molar-refractivity contribution in [1.82, 2.24) is 0 Å². The van der Waals surface area contributed by atoms with Crippen molar-refractivity contribution in [3.8, 4) is 0 Å². The van der Waals surface area contributed by atoms with Gasteiger partial charge in [0, 0.05) is 0 Å². The van der Waals surface area contributed by atoms with Crippen molar-refractivity contribution >= 4 is 0 Å². The van der Waals surface area contributed by atoms with Gasteiger partial charge in [-0.15, -0.1) is 0 Å². The molecule has 0 heterocycles. The lowest BCUT2D eigenvalue weighted by Crippen LogP contribution is -2.46. The molecule has 1 saturated carbocycles. The molecule has 2 unspecified atom stereocenters. The lowest BCUT2D eigenvalue weighted by atomic mass is 9.74. The molecule has 0 spiro atoms. The normalized spacial score (nSPS) is 39.3. The first-order valence-electron chi connectivity index (χ1n) is 5.83. The van der Waals surface area contributed by atoms with Crippen LogP contribution in [0.3, 0.4) is 0 Å². The van der Waals surface area contributed by atoms with Crippen LogP contribution in [0.2, 0.25) is 0 Å². The molecule has 2 aliphatic carbocycles. The van der Waals surface area contributed by atoms with Gasteiger partial charge in [0.25, 0.3) is 0 Å². The smallest absolute Gasteiger partial charge is 0.111 e.